The van der Waals surface area contributed by atoms with E-state index in [2.05, 4.69) is 34.6 Å². The Morgan fingerprint density at radius 2 is 0.792 bits per heavy atom. The molecule has 2 atom stereocenters. The molecule has 0 N–H and O–H groups in total. The quantitative estimate of drug-likeness (QED) is 0.0372. The van der Waals surface area contributed by atoms with Crippen LogP contribution in [0.25, 0.3) is 0 Å². The van der Waals surface area contributed by atoms with Crippen LogP contribution in [0, 0.1) is 11.8 Å². The summed E-state index contributed by atoms with van der Waals surface area (Å²) in [5, 5.41) is 0. The summed E-state index contributed by atoms with van der Waals surface area (Å²) in [6, 6.07) is 0. The standard InChI is InChI=1S/C42H80O6/c1-6-8-9-20-27-32-40(43)46-35-39(36-47-41(44)33-28-23-19-18-22-26-31-38(5)7-2)48-42(45)34-29-24-17-15-13-11-10-12-14-16-21-25-30-37(3)4/h37-39H,6-36H2,1-5H3/t38?,39-/m1/s1. The first-order valence-corrected chi connectivity index (χ1v) is 20.8. The van der Waals surface area contributed by atoms with E-state index in [1.165, 1.54) is 103 Å². The van der Waals surface area contributed by atoms with Crippen molar-refractivity contribution in [1.29, 1.82) is 0 Å². The summed E-state index contributed by atoms with van der Waals surface area (Å²) in [5.74, 6) is 0.767. The Labute approximate surface area is 298 Å². The molecule has 6 nitrogen and oxygen atoms in total. The van der Waals surface area contributed by atoms with Gasteiger partial charge in [0.2, 0.25) is 0 Å². The molecule has 0 aliphatic heterocycles. The highest BCUT2D eigenvalue weighted by molar-refractivity contribution is 5.71. The molecule has 0 radical (unpaired) electrons. The Kier molecular flexibility index (Phi) is 34.1. The minimum Gasteiger partial charge on any atom is -0.462 e. The van der Waals surface area contributed by atoms with Gasteiger partial charge in [0.1, 0.15) is 13.2 Å². The third kappa shape index (κ3) is 34.3. The zero-order valence-electron chi connectivity index (χ0n) is 32.6. The molecule has 0 aliphatic carbocycles. The Morgan fingerprint density at radius 1 is 0.438 bits per heavy atom. The lowest BCUT2D eigenvalue weighted by Crippen LogP contribution is -2.30. The van der Waals surface area contributed by atoms with Crippen molar-refractivity contribution in [2.75, 3.05) is 13.2 Å². The highest BCUT2D eigenvalue weighted by Gasteiger charge is 2.19. The number of ether oxygens (including phenoxy) is 3. The van der Waals surface area contributed by atoms with E-state index in [4.69, 9.17) is 14.2 Å². The first kappa shape index (κ1) is 46.4. The van der Waals surface area contributed by atoms with Crippen LogP contribution in [0.1, 0.15) is 221 Å². The van der Waals surface area contributed by atoms with Gasteiger partial charge in [0, 0.05) is 19.3 Å². The zero-order chi connectivity index (χ0) is 35.5. The van der Waals surface area contributed by atoms with E-state index in [0.717, 1.165) is 76.0 Å². The van der Waals surface area contributed by atoms with E-state index < -0.39 is 6.10 Å². The Bertz CT molecular complexity index is 736. The molecule has 6 heteroatoms. The molecule has 0 fully saturated rings. The molecular weight excluding hydrogens is 600 g/mol. The zero-order valence-corrected chi connectivity index (χ0v) is 32.6. The van der Waals surface area contributed by atoms with Crippen LogP contribution in [0.5, 0.6) is 0 Å². The second kappa shape index (κ2) is 35.2. The number of hydrogen-bond acceptors (Lipinski definition) is 6. The summed E-state index contributed by atoms with van der Waals surface area (Å²) < 4.78 is 16.5. The highest BCUT2D eigenvalue weighted by atomic mass is 16.6. The molecule has 0 spiro atoms. The van der Waals surface area contributed by atoms with Crippen molar-refractivity contribution < 1.29 is 28.6 Å². The Hall–Kier alpha value is -1.59. The molecule has 1 unspecified atom stereocenters. The summed E-state index contributed by atoms with van der Waals surface area (Å²) in [6.07, 6.45) is 31.2. The van der Waals surface area contributed by atoms with Crippen LogP contribution in [-0.4, -0.2) is 37.2 Å². The minimum atomic E-state index is -0.758. The van der Waals surface area contributed by atoms with Crippen molar-refractivity contribution >= 4 is 17.9 Å². The maximum atomic E-state index is 12.6. The van der Waals surface area contributed by atoms with E-state index in [1.54, 1.807) is 0 Å². The molecular formula is C42H80O6. The summed E-state index contributed by atoms with van der Waals surface area (Å²) in [4.78, 5) is 37.3. The number of carbonyl (C=O) groups excluding carboxylic acids is 3. The summed E-state index contributed by atoms with van der Waals surface area (Å²) >= 11 is 0. The lowest BCUT2D eigenvalue weighted by atomic mass is 10.00. The van der Waals surface area contributed by atoms with Crippen molar-refractivity contribution in [2.24, 2.45) is 11.8 Å². The molecule has 0 aromatic rings. The van der Waals surface area contributed by atoms with E-state index in [0.29, 0.717) is 19.3 Å². The molecule has 0 aromatic heterocycles. The molecule has 0 heterocycles. The molecule has 284 valence electrons. The van der Waals surface area contributed by atoms with Gasteiger partial charge in [-0.25, -0.2) is 0 Å². The summed E-state index contributed by atoms with van der Waals surface area (Å²) in [6.45, 7) is 11.2. The van der Waals surface area contributed by atoms with Gasteiger partial charge >= 0.3 is 17.9 Å². The topological polar surface area (TPSA) is 78.9 Å². The third-order valence-electron chi connectivity index (χ3n) is 9.58. The molecule has 0 rings (SSSR count). The summed E-state index contributed by atoms with van der Waals surface area (Å²) in [5.41, 5.74) is 0. The van der Waals surface area contributed by atoms with Crippen LogP contribution in [0.15, 0.2) is 0 Å². The molecule has 0 saturated heterocycles. The van der Waals surface area contributed by atoms with Crippen molar-refractivity contribution in [3.8, 4) is 0 Å². The second-order valence-electron chi connectivity index (χ2n) is 15.0. The highest BCUT2D eigenvalue weighted by Crippen LogP contribution is 2.16. The van der Waals surface area contributed by atoms with Gasteiger partial charge in [-0.1, -0.05) is 182 Å². The van der Waals surface area contributed by atoms with E-state index in [9.17, 15) is 14.4 Å². The van der Waals surface area contributed by atoms with Crippen LogP contribution in [0.2, 0.25) is 0 Å². The number of carbonyl (C=O) groups is 3. The van der Waals surface area contributed by atoms with Gasteiger partial charge < -0.3 is 14.2 Å². The Morgan fingerprint density at radius 3 is 1.19 bits per heavy atom. The predicted octanol–water partition coefficient (Wildman–Crippen LogP) is 12.6. The van der Waals surface area contributed by atoms with Gasteiger partial charge in [-0.3, -0.25) is 14.4 Å². The monoisotopic (exact) mass is 681 g/mol. The minimum absolute atomic E-state index is 0.0675. The smallest absolute Gasteiger partial charge is 0.306 e. The van der Waals surface area contributed by atoms with Crippen LogP contribution in [0.4, 0.5) is 0 Å². The van der Waals surface area contributed by atoms with Crippen molar-refractivity contribution in [3.05, 3.63) is 0 Å². The maximum absolute atomic E-state index is 12.6. The number of unbranched alkanes of at least 4 members (excludes halogenated alkanes) is 20. The van der Waals surface area contributed by atoms with Gasteiger partial charge in [0.25, 0.3) is 0 Å². The number of hydrogen-bond donors (Lipinski definition) is 0. The number of rotatable bonds is 36. The van der Waals surface area contributed by atoms with Gasteiger partial charge in [-0.2, -0.15) is 0 Å². The molecule has 0 aliphatic rings. The fourth-order valence-electron chi connectivity index (χ4n) is 6.01. The molecule has 48 heavy (non-hydrogen) atoms. The largest absolute Gasteiger partial charge is 0.462 e. The van der Waals surface area contributed by atoms with Crippen LogP contribution < -0.4 is 0 Å². The van der Waals surface area contributed by atoms with E-state index >= 15 is 0 Å². The second-order valence-corrected chi connectivity index (χ2v) is 15.0. The molecule has 0 aromatic carbocycles. The third-order valence-corrected chi connectivity index (χ3v) is 9.58. The predicted molar refractivity (Wildman–Crippen MR) is 201 cm³/mol. The lowest BCUT2D eigenvalue weighted by molar-refractivity contribution is -0.167. The van der Waals surface area contributed by atoms with Crippen molar-refractivity contribution in [1.82, 2.24) is 0 Å². The Balaban J connectivity index is 4.24. The van der Waals surface area contributed by atoms with Gasteiger partial charge in [0.05, 0.1) is 0 Å². The maximum Gasteiger partial charge on any atom is 0.306 e. The van der Waals surface area contributed by atoms with E-state index in [1.807, 2.05) is 0 Å². The first-order chi connectivity index (χ1) is 23.3. The van der Waals surface area contributed by atoms with Crippen LogP contribution >= 0.6 is 0 Å². The summed E-state index contributed by atoms with van der Waals surface area (Å²) in [7, 11) is 0. The number of esters is 3. The van der Waals surface area contributed by atoms with Gasteiger partial charge in [0.15, 0.2) is 6.10 Å². The first-order valence-electron chi connectivity index (χ1n) is 20.8. The van der Waals surface area contributed by atoms with Crippen LogP contribution in [-0.2, 0) is 28.6 Å². The van der Waals surface area contributed by atoms with Gasteiger partial charge in [-0.15, -0.1) is 0 Å². The normalized spacial score (nSPS) is 12.6. The lowest BCUT2D eigenvalue weighted by Gasteiger charge is -2.18. The molecule has 0 bridgehead atoms. The average Bonchev–Trinajstić information content (AvgIpc) is 3.06. The van der Waals surface area contributed by atoms with Crippen LogP contribution in [0.3, 0.4) is 0 Å². The van der Waals surface area contributed by atoms with Crippen molar-refractivity contribution in [3.63, 3.8) is 0 Å². The SMILES string of the molecule is CCCCCCCC(=O)OC[C@H](COC(=O)CCCCCCCCC(C)CC)OC(=O)CCCCCCCCCCCCCCC(C)C. The molecule has 0 saturated carbocycles. The average molecular weight is 681 g/mol. The fourth-order valence-corrected chi connectivity index (χ4v) is 6.01. The fraction of sp³-hybridized carbons (Fsp3) is 0.929. The molecule has 0 amide bonds. The van der Waals surface area contributed by atoms with Crippen molar-refractivity contribution in [2.45, 2.75) is 227 Å². The van der Waals surface area contributed by atoms with Gasteiger partial charge in [-0.05, 0) is 31.1 Å². The van der Waals surface area contributed by atoms with E-state index in [-0.39, 0.29) is 31.1 Å².